The molecule has 1 atom stereocenters. The van der Waals surface area contributed by atoms with Crippen molar-refractivity contribution >= 4 is 15.6 Å². The van der Waals surface area contributed by atoms with Crippen molar-refractivity contribution in [2.24, 2.45) is 7.05 Å². The van der Waals surface area contributed by atoms with Crippen molar-refractivity contribution in [1.82, 2.24) is 4.57 Å². The highest BCUT2D eigenvalue weighted by Crippen LogP contribution is 2.32. The number of carbonyl (C=O) groups is 1. The minimum Gasteiger partial charge on any atom is -0.318 e. The van der Waals surface area contributed by atoms with Crippen LogP contribution >= 0.6 is 0 Å². The molecule has 0 aliphatic rings. The Labute approximate surface area is 170 Å². The lowest BCUT2D eigenvalue weighted by Gasteiger charge is -2.20. The quantitative estimate of drug-likeness (QED) is 0.584. The molecule has 0 N–H and O–H groups in total. The van der Waals surface area contributed by atoms with Gasteiger partial charge in [-0.1, -0.05) is 36.4 Å². The second kappa shape index (κ2) is 8.17. The van der Waals surface area contributed by atoms with Crippen molar-refractivity contribution < 1.29 is 13.2 Å². The van der Waals surface area contributed by atoms with Gasteiger partial charge >= 0.3 is 0 Å². The molecule has 0 unspecified atom stereocenters. The minimum atomic E-state index is -3.29. The number of pyridine rings is 1. The van der Waals surface area contributed by atoms with Crippen molar-refractivity contribution in [3.63, 3.8) is 0 Å². The predicted octanol–water partition coefficient (Wildman–Crippen LogP) is 3.50. The Balaban J connectivity index is 2.02. The number of hydrogen-bond donors (Lipinski definition) is 0. The third-order valence-corrected chi connectivity index (χ3v) is 6.20. The molecule has 0 saturated carbocycles. The van der Waals surface area contributed by atoms with E-state index in [2.05, 4.69) is 0 Å². The molecule has 0 fully saturated rings. The Hall–Kier alpha value is -2.99. The van der Waals surface area contributed by atoms with Gasteiger partial charge in [-0.15, -0.1) is 0 Å². The fourth-order valence-corrected chi connectivity index (χ4v) is 4.03. The number of sulfone groups is 1. The van der Waals surface area contributed by atoms with Crippen molar-refractivity contribution in [3.8, 4) is 0 Å². The number of nitrogens with zero attached hydrogens (tertiary/aromatic N) is 1. The Bertz CT molecular complexity index is 1210. The maximum Gasteiger partial charge on any atom is 0.250 e. The van der Waals surface area contributed by atoms with Gasteiger partial charge in [0.2, 0.25) is 5.56 Å². The van der Waals surface area contributed by atoms with Gasteiger partial charge in [0.25, 0.3) is 0 Å². The van der Waals surface area contributed by atoms with Crippen LogP contribution in [0.5, 0.6) is 0 Å². The van der Waals surface area contributed by atoms with Crippen LogP contribution < -0.4 is 5.56 Å². The number of carbonyl (C=O) groups excluding carboxylic acids is 1. The van der Waals surface area contributed by atoms with Gasteiger partial charge < -0.3 is 4.57 Å². The molecule has 150 valence electrons. The molecular weight excluding hydrogens is 386 g/mol. The molecule has 0 aliphatic carbocycles. The molecule has 0 radical (unpaired) electrons. The summed E-state index contributed by atoms with van der Waals surface area (Å²) >= 11 is 0. The van der Waals surface area contributed by atoms with Crippen LogP contribution in [0.15, 0.2) is 76.6 Å². The lowest BCUT2D eigenvalue weighted by atomic mass is 9.84. The highest BCUT2D eigenvalue weighted by Gasteiger charge is 2.21. The lowest BCUT2D eigenvalue weighted by molar-refractivity contribution is 0.0977. The molecule has 3 aromatic rings. The highest BCUT2D eigenvalue weighted by atomic mass is 32.2. The van der Waals surface area contributed by atoms with E-state index < -0.39 is 9.84 Å². The molecule has 0 aliphatic heterocycles. The summed E-state index contributed by atoms with van der Waals surface area (Å²) in [5, 5.41) is 0. The van der Waals surface area contributed by atoms with Gasteiger partial charge in [0.1, 0.15) is 0 Å². The first-order valence-electron chi connectivity index (χ1n) is 9.22. The average molecular weight is 410 g/mol. The molecule has 29 heavy (non-hydrogen) atoms. The van der Waals surface area contributed by atoms with Gasteiger partial charge in [-0.05, 0) is 41.8 Å². The topological polar surface area (TPSA) is 73.2 Å². The van der Waals surface area contributed by atoms with Crippen LogP contribution in [-0.4, -0.2) is 25.0 Å². The second-order valence-electron chi connectivity index (χ2n) is 7.24. The van der Waals surface area contributed by atoms with E-state index >= 15 is 0 Å². The van der Waals surface area contributed by atoms with Gasteiger partial charge in [0.15, 0.2) is 15.6 Å². The first kappa shape index (κ1) is 20.7. The molecule has 5 nitrogen and oxygen atoms in total. The van der Waals surface area contributed by atoms with Crippen LogP contribution in [0.25, 0.3) is 0 Å². The zero-order valence-corrected chi connectivity index (χ0v) is 17.4. The summed E-state index contributed by atoms with van der Waals surface area (Å²) in [6.07, 6.45) is 2.93. The third kappa shape index (κ3) is 4.71. The Morgan fingerprint density at radius 3 is 2.24 bits per heavy atom. The van der Waals surface area contributed by atoms with Crippen LogP contribution in [0, 0.1) is 6.92 Å². The maximum atomic E-state index is 13.0. The molecule has 0 spiro atoms. The molecule has 0 bridgehead atoms. The molecule has 6 heteroatoms. The van der Waals surface area contributed by atoms with E-state index in [1.165, 1.54) is 16.9 Å². The third-order valence-electron chi connectivity index (χ3n) is 5.07. The monoisotopic (exact) mass is 409 g/mol. The van der Waals surface area contributed by atoms with Crippen LogP contribution in [0.2, 0.25) is 0 Å². The molecule has 0 amide bonds. The summed E-state index contributed by atoms with van der Waals surface area (Å²) in [5.41, 5.74) is 3.23. The average Bonchev–Trinajstić information content (AvgIpc) is 2.68. The highest BCUT2D eigenvalue weighted by molar-refractivity contribution is 7.90. The number of hydrogen-bond acceptors (Lipinski definition) is 4. The van der Waals surface area contributed by atoms with E-state index in [1.807, 2.05) is 31.2 Å². The van der Waals surface area contributed by atoms with Gasteiger partial charge in [-0.2, -0.15) is 0 Å². The first-order valence-corrected chi connectivity index (χ1v) is 11.1. The van der Waals surface area contributed by atoms with E-state index in [0.717, 1.165) is 16.7 Å². The van der Waals surface area contributed by atoms with E-state index in [0.29, 0.717) is 5.56 Å². The van der Waals surface area contributed by atoms with E-state index in [1.54, 1.807) is 43.6 Å². The number of Topliss-reactive ketones (excluding diaryl/α,β-unsaturated/α-hetero) is 1. The van der Waals surface area contributed by atoms with E-state index in [9.17, 15) is 18.0 Å². The fourth-order valence-electron chi connectivity index (χ4n) is 3.39. The SMILES string of the molecule is Cc1ccccc1[C@@H](CC(=O)c1ccc(=O)n(C)c1)c1ccc(S(C)(=O)=O)cc1. The summed E-state index contributed by atoms with van der Waals surface area (Å²) in [6.45, 7) is 1.99. The van der Waals surface area contributed by atoms with Crippen molar-refractivity contribution in [2.45, 2.75) is 24.2 Å². The van der Waals surface area contributed by atoms with E-state index in [-0.39, 0.29) is 28.6 Å². The normalized spacial score (nSPS) is 12.5. The molecule has 2 aromatic carbocycles. The van der Waals surface area contributed by atoms with Gasteiger partial charge in [-0.25, -0.2) is 8.42 Å². The summed E-state index contributed by atoms with van der Waals surface area (Å²) in [4.78, 5) is 24.9. The molecule has 1 aromatic heterocycles. The van der Waals surface area contributed by atoms with Gasteiger partial charge in [0.05, 0.1) is 4.90 Å². The number of rotatable bonds is 6. The summed E-state index contributed by atoms with van der Waals surface area (Å²) in [6, 6.07) is 17.5. The number of aromatic nitrogens is 1. The predicted molar refractivity (Wildman–Crippen MR) is 113 cm³/mol. The molecule has 1 heterocycles. The number of ketones is 1. The number of aryl methyl sites for hydroxylation is 2. The first-order chi connectivity index (χ1) is 13.7. The van der Waals surface area contributed by atoms with Crippen LogP contribution in [-0.2, 0) is 16.9 Å². The molecular formula is C23H23NO4S. The molecule has 0 saturated heterocycles. The van der Waals surface area contributed by atoms with Gasteiger partial charge in [-0.3, -0.25) is 9.59 Å². The maximum absolute atomic E-state index is 13.0. The van der Waals surface area contributed by atoms with Gasteiger partial charge in [0, 0.05) is 43.5 Å². The largest absolute Gasteiger partial charge is 0.318 e. The zero-order valence-electron chi connectivity index (χ0n) is 16.6. The summed E-state index contributed by atoms with van der Waals surface area (Å²) in [7, 11) is -1.68. The van der Waals surface area contributed by atoms with E-state index in [4.69, 9.17) is 0 Å². The van der Waals surface area contributed by atoms with Crippen LogP contribution in [0.3, 0.4) is 0 Å². The zero-order chi connectivity index (χ0) is 21.2. The minimum absolute atomic E-state index is 0.0824. The molecule has 3 rings (SSSR count). The van der Waals surface area contributed by atoms with Crippen LogP contribution in [0.4, 0.5) is 0 Å². The lowest BCUT2D eigenvalue weighted by Crippen LogP contribution is -2.17. The Morgan fingerprint density at radius 1 is 1.00 bits per heavy atom. The van der Waals surface area contributed by atoms with Crippen LogP contribution in [0.1, 0.15) is 39.4 Å². The second-order valence-corrected chi connectivity index (χ2v) is 9.26. The smallest absolute Gasteiger partial charge is 0.250 e. The standard InChI is InChI=1S/C23H23NO4S/c1-16-6-4-5-7-20(16)21(17-8-11-19(12-9-17)29(3,27)28)14-22(25)18-10-13-23(26)24(2)15-18/h4-13,15,21H,14H2,1-3H3/t21-/m0/s1. The Morgan fingerprint density at radius 2 is 1.66 bits per heavy atom. The van der Waals surface area contributed by atoms with Crippen molar-refractivity contribution in [2.75, 3.05) is 6.26 Å². The van der Waals surface area contributed by atoms with Crippen molar-refractivity contribution in [1.29, 1.82) is 0 Å². The number of benzene rings is 2. The Kier molecular flexibility index (Phi) is 5.84. The van der Waals surface area contributed by atoms with Crippen molar-refractivity contribution in [3.05, 3.63) is 99.5 Å². The summed E-state index contributed by atoms with van der Waals surface area (Å²) < 4.78 is 24.9. The fraction of sp³-hybridized carbons (Fsp3) is 0.217. The summed E-state index contributed by atoms with van der Waals surface area (Å²) in [5.74, 6) is -0.310.